The second-order valence-corrected chi connectivity index (χ2v) is 4.66. The fourth-order valence-corrected chi connectivity index (χ4v) is 1.40. The van der Waals surface area contributed by atoms with E-state index in [2.05, 4.69) is 16.0 Å². The minimum atomic E-state index is -0.521. The highest BCUT2D eigenvalue weighted by Gasteiger charge is 2.08. The van der Waals surface area contributed by atoms with Crippen LogP contribution in [0.1, 0.15) is 19.4 Å². The van der Waals surface area contributed by atoms with Crippen LogP contribution in [-0.2, 0) is 4.79 Å². The van der Waals surface area contributed by atoms with Gasteiger partial charge in [0.05, 0.1) is 17.8 Å². The van der Waals surface area contributed by atoms with Crippen molar-refractivity contribution in [3.63, 3.8) is 0 Å². The lowest BCUT2D eigenvalue weighted by Gasteiger charge is -2.10. The van der Waals surface area contributed by atoms with Gasteiger partial charge in [0.15, 0.2) is 0 Å². The molecule has 0 heterocycles. The van der Waals surface area contributed by atoms with Gasteiger partial charge in [-0.25, -0.2) is 4.79 Å². The maximum absolute atomic E-state index is 11.6. The van der Waals surface area contributed by atoms with Gasteiger partial charge in [0.2, 0.25) is 5.91 Å². The summed E-state index contributed by atoms with van der Waals surface area (Å²) in [6.07, 6.45) is 0. The van der Waals surface area contributed by atoms with Gasteiger partial charge in [-0.1, -0.05) is 26.0 Å². The maximum Gasteiger partial charge on any atom is 0.319 e. The Hall–Kier alpha value is -2.55. The minimum Gasteiger partial charge on any atom is -0.354 e. The number of nitrogens with zero attached hydrogens (tertiary/aromatic N) is 1. The molecule has 6 nitrogen and oxygen atoms in total. The molecule has 6 heteroatoms. The van der Waals surface area contributed by atoms with Crippen LogP contribution in [0.2, 0.25) is 0 Å². The third-order valence-corrected chi connectivity index (χ3v) is 2.41. The highest BCUT2D eigenvalue weighted by atomic mass is 16.2. The molecular weight excluding hydrogens is 256 g/mol. The van der Waals surface area contributed by atoms with Crippen molar-refractivity contribution < 1.29 is 9.59 Å². The molecule has 1 rings (SSSR count). The SMILES string of the molecule is CC(C)CNC(=O)CNC(=O)Nc1ccccc1C#N. The fraction of sp³-hybridized carbons (Fsp3) is 0.357. The molecule has 0 saturated carbocycles. The van der Waals surface area contributed by atoms with Gasteiger partial charge in [0.25, 0.3) is 0 Å². The molecule has 1 aromatic carbocycles. The summed E-state index contributed by atoms with van der Waals surface area (Å²) in [4.78, 5) is 23.0. The molecule has 0 aliphatic carbocycles. The number of urea groups is 1. The third-order valence-electron chi connectivity index (χ3n) is 2.41. The molecule has 3 N–H and O–H groups in total. The topological polar surface area (TPSA) is 94.0 Å². The summed E-state index contributed by atoms with van der Waals surface area (Å²) in [7, 11) is 0. The number of amides is 3. The van der Waals surface area contributed by atoms with Crippen molar-refractivity contribution in [2.45, 2.75) is 13.8 Å². The Morgan fingerprint density at radius 1 is 1.25 bits per heavy atom. The molecule has 0 radical (unpaired) electrons. The summed E-state index contributed by atoms with van der Waals surface area (Å²) in [5.41, 5.74) is 0.780. The molecule has 0 saturated heterocycles. The van der Waals surface area contributed by atoms with Crippen molar-refractivity contribution in [3.05, 3.63) is 29.8 Å². The largest absolute Gasteiger partial charge is 0.354 e. The standard InChI is InChI=1S/C14H18N4O2/c1-10(2)8-16-13(19)9-17-14(20)18-12-6-4-3-5-11(12)7-15/h3-6,10H,8-9H2,1-2H3,(H,16,19)(H2,17,18,20). The van der Waals surface area contributed by atoms with Crippen LogP contribution in [-0.4, -0.2) is 25.0 Å². The number of nitriles is 1. The van der Waals surface area contributed by atoms with Crippen LogP contribution in [0.25, 0.3) is 0 Å². The van der Waals surface area contributed by atoms with Crippen molar-refractivity contribution in [2.24, 2.45) is 5.92 Å². The zero-order valence-corrected chi connectivity index (χ0v) is 11.6. The zero-order chi connectivity index (χ0) is 15.0. The number of para-hydroxylation sites is 1. The predicted molar refractivity (Wildman–Crippen MR) is 76.0 cm³/mol. The van der Waals surface area contributed by atoms with Crippen molar-refractivity contribution in [2.75, 3.05) is 18.4 Å². The van der Waals surface area contributed by atoms with Crippen LogP contribution in [0, 0.1) is 17.2 Å². The van der Waals surface area contributed by atoms with E-state index < -0.39 is 6.03 Å². The molecular formula is C14H18N4O2. The van der Waals surface area contributed by atoms with Gasteiger partial charge >= 0.3 is 6.03 Å². The molecule has 0 aromatic heterocycles. The van der Waals surface area contributed by atoms with Crippen LogP contribution in [0.4, 0.5) is 10.5 Å². The average molecular weight is 274 g/mol. The predicted octanol–water partition coefficient (Wildman–Crippen LogP) is 1.45. The lowest BCUT2D eigenvalue weighted by atomic mass is 10.2. The van der Waals surface area contributed by atoms with E-state index >= 15 is 0 Å². The molecule has 0 spiro atoms. The Labute approximate surface area is 118 Å². The minimum absolute atomic E-state index is 0.104. The average Bonchev–Trinajstić information content (AvgIpc) is 2.43. The summed E-state index contributed by atoms with van der Waals surface area (Å²) >= 11 is 0. The Balaban J connectivity index is 2.41. The molecule has 0 bridgehead atoms. The molecule has 20 heavy (non-hydrogen) atoms. The molecule has 0 aliphatic heterocycles. The van der Waals surface area contributed by atoms with Crippen LogP contribution in [0.15, 0.2) is 24.3 Å². The first kappa shape index (κ1) is 15.5. The van der Waals surface area contributed by atoms with Crippen LogP contribution in [0.3, 0.4) is 0 Å². The first-order valence-electron chi connectivity index (χ1n) is 6.33. The van der Waals surface area contributed by atoms with E-state index in [0.29, 0.717) is 23.7 Å². The summed E-state index contributed by atoms with van der Waals surface area (Å²) in [5.74, 6) is 0.109. The number of carbonyl (C=O) groups excluding carboxylic acids is 2. The van der Waals surface area contributed by atoms with Gasteiger partial charge in [-0.3, -0.25) is 4.79 Å². The fourth-order valence-electron chi connectivity index (χ4n) is 1.40. The Morgan fingerprint density at radius 3 is 2.60 bits per heavy atom. The lowest BCUT2D eigenvalue weighted by Crippen LogP contribution is -2.40. The van der Waals surface area contributed by atoms with Crippen molar-refractivity contribution in [1.29, 1.82) is 5.26 Å². The summed E-state index contributed by atoms with van der Waals surface area (Å²) in [6, 6.07) is 8.10. The summed E-state index contributed by atoms with van der Waals surface area (Å²) in [6.45, 7) is 4.44. The number of rotatable bonds is 5. The highest BCUT2D eigenvalue weighted by Crippen LogP contribution is 2.12. The Kier molecular flexibility index (Phi) is 6.04. The van der Waals surface area contributed by atoms with Gasteiger partial charge < -0.3 is 16.0 Å². The van der Waals surface area contributed by atoms with Gasteiger partial charge in [-0.05, 0) is 18.1 Å². The molecule has 0 unspecified atom stereocenters. The monoisotopic (exact) mass is 274 g/mol. The van der Waals surface area contributed by atoms with E-state index in [1.54, 1.807) is 24.3 Å². The second-order valence-electron chi connectivity index (χ2n) is 4.66. The normalized spacial score (nSPS) is 9.70. The molecule has 1 aromatic rings. The number of hydrogen-bond acceptors (Lipinski definition) is 3. The molecule has 0 fully saturated rings. The van der Waals surface area contributed by atoms with E-state index in [0.717, 1.165) is 0 Å². The van der Waals surface area contributed by atoms with Crippen LogP contribution >= 0.6 is 0 Å². The van der Waals surface area contributed by atoms with E-state index in [-0.39, 0.29) is 12.5 Å². The Morgan fingerprint density at radius 2 is 1.95 bits per heavy atom. The van der Waals surface area contributed by atoms with E-state index in [4.69, 9.17) is 5.26 Å². The number of hydrogen-bond donors (Lipinski definition) is 3. The second kappa shape index (κ2) is 7.79. The quantitative estimate of drug-likeness (QED) is 0.758. The first-order chi connectivity index (χ1) is 9.52. The van der Waals surface area contributed by atoms with E-state index in [9.17, 15) is 9.59 Å². The number of nitrogens with one attached hydrogen (secondary N) is 3. The first-order valence-corrected chi connectivity index (χ1v) is 6.33. The van der Waals surface area contributed by atoms with Gasteiger partial charge in [-0.15, -0.1) is 0 Å². The van der Waals surface area contributed by atoms with Crippen molar-refractivity contribution in [3.8, 4) is 6.07 Å². The van der Waals surface area contributed by atoms with Gasteiger partial charge in [0.1, 0.15) is 6.07 Å². The lowest BCUT2D eigenvalue weighted by molar-refractivity contribution is -0.120. The van der Waals surface area contributed by atoms with Gasteiger partial charge in [-0.2, -0.15) is 5.26 Å². The van der Waals surface area contributed by atoms with Crippen LogP contribution < -0.4 is 16.0 Å². The molecule has 3 amide bonds. The summed E-state index contributed by atoms with van der Waals surface area (Å²) in [5, 5.41) is 16.5. The maximum atomic E-state index is 11.6. The Bertz CT molecular complexity index is 520. The number of carbonyl (C=O) groups is 2. The van der Waals surface area contributed by atoms with E-state index in [1.807, 2.05) is 19.9 Å². The van der Waals surface area contributed by atoms with E-state index in [1.165, 1.54) is 0 Å². The smallest absolute Gasteiger partial charge is 0.319 e. The molecule has 0 atom stereocenters. The summed E-state index contributed by atoms with van der Waals surface area (Å²) < 4.78 is 0. The highest BCUT2D eigenvalue weighted by molar-refractivity contribution is 5.93. The van der Waals surface area contributed by atoms with Gasteiger partial charge in [0, 0.05) is 6.54 Å². The molecule has 106 valence electrons. The molecule has 0 aliphatic rings. The van der Waals surface area contributed by atoms with Crippen LogP contribution in [0.5, 0.6) is 0 Å². The number of anilines is 1. The third kappa shape index (κ3) is 5.40. The van der Waals surface area contributed by atoms with Crippen molar-refractivity contribution in [1.82, 2.24) is 10.6 Å². The zero-order valence-electron chi connectivity index (χ0n) is 11.6. The number of benzene rings is 1. The van der Waals surface area contributed by atoms with Crippen molar-refractivity contribution >= 4 is 17.6 Å².